The van der Waals surface area contributed by atoms with E-state index in [1.54, 1.807) is 17.4 Å². The standard InChI is InChI=1S/C14H12N2O3S/c1-9-16-12(8-20-9)13-3-2-11(19-13)6-15-14(17)10-4-5-18-7-10/h2-5,7-8H,6H2,1H3,(H,15,17). The second kappa shape index (κ2) is 5.34. The van der Waals surface area contributed by atoms with Gasteiger partial charge in [0, 0.05) is 5.38 Å². The molecule has 0 aliphatic carbocycles. The minimum absolute atomic E-state index is 0.193. The van der Waals surface area contributed by atoms with Crippen molar-refractivity contribution in [3.8, 4) is 11.5 Å². The van der Waals surface area contributed by atoms with E-state index in [1.165, 1.54) is 12.5 Å². The molecule has 0 unspecified atom stereocenters. The van der Waals surface area contributed by atoms with Crippen molar-refractivity contribution in [1.82, 2.24) is 10.3 Å². The highest BCUT2D eigenvalue weighted by Gasteiger charge is 2.10. The van der Waals surface area contributed by atoms with E-state index in [2.05, 4.69) is 10.3 Å². The Kier molecular flexibility index (Phi) is 3.39. The molecule has 6 heteroatoms. The van der Waals surface area contributed by atoms with Crippen molar-refractivity contribution in [2.75, 3.05) is 0 Å². The van der Waals surface area contributed by atoms with Gasteiger partial charge in [-0.3, -0.25) is 4.79 Å². The molecule has 1 amide bonds. The largest absolute Gasteiger partial charge is 0.472 e. The third-order valence-electron chi connectivity index (χ3n) is 2.74. The molecule has 3 aromatic heterocycles. The summed E-state index contributed by atoms with van der Waals surface area (Å²) in [7, 11) is 0. The van der Waals surface area contributed by atoms with E-state index in [4.69, 9.17) is 8.83 Å². The zero-order valence-electron chi connectivity index (χ0n) is 10.8. The quantitative estimate of drug-likeness (QED) is 0.800. The maximum absolute atomic E-state index is 11.7. The van der Waals surface area contributed by atoms with Crippen LogP contribution in [0.2, 0.25) is 0 Å². The molecule has 20 heavy (non-hydrogen) atoms. The molecule has 0 atom stereocenters. The first-order chi connectivity index (χ1) is 9.72. The molecular weight excluding hydrogens is 276 g/mol. The number of amides is 1. The Balaban J connectivity index is 1.64. The number of carbonyl (C=O) groups is 1. The second-order valence-electron chi connectivity index (χ2n) is 4.21. The summed E-state index contributed by atoms with van der Waals surface area (Å²) in [5.41, 5.74) is 1.31. The molecule has 0 bridgehead atoms. The molecule has 0 saturated heterocycles. The summed E-state index contributed by atoms with van der Waals surface area (Å²) in [5, 5.41) is 5.70. The van der Waals surface area contributed by atoms with Gasteiger partial charge in [0.25, 0.3) is 5.91 Å². The minimum Gasteiger partial charge on any atom is -0.472 e. The Morgan fingerprint density at radius 2 is 2.30 bits per heavy atom. The fraction of sp³-hybridized carbons (Fsp3) is 0.143. The van der Waals surface area contributed by atoms with Crippen molar-refractivity contribution in [2.45, 2.75) is 13.5 Å². The topological polar surface area (TPSA) is 68.3 Å². The van der Waals surface area contributed by atoms with E-state index >= 15 is 0 Å². The number of nitrogens with one attached hydrogen (secondary N) is 1. The highest BCUT2D eigenvalue weighted by Crippen LogP contribution is 2.23. The SMILES string of the molecule is Cc1nc(-c2ccc(CNC(=O)c3ccoc3)o2)cs1. The van der Waals surface area contributed by atoms with Gasteiger partial charge in [0.15, 0.2) is 5.76 Å². The second-order valence-corrected chi connectivity index (χ2v) is 5.27. The van der Waals surface area contributed by atoms with Crippen LogP contribution in [0.1, 0.15) is 21.1 Å². The molecule has 0 spiro atoms. The molecule has 1 N–H and O–H groups in total. The number of nitrogens with zero attached hydrogens (tertiary/aromatic N) is 1. The van der Waals surface area contributed by atoms with Crippen LogP contribution in [0.4, 0.5) is 0 Å². The lowest BCUT2D eigenvalue weighted by Gasteiger charge is -2.00. The van der Waals surface area contributed by atoms with E-state index in [-0.39, 0.29) is 5.91 Å². The molecule has 0 aliphatic heterocycles. The summed E-state index contributed by atoms with van der Waals surface area (Å²) in [4.78, 5) is 16.1. The Labute approximate surface area is 119 Å². The predicted molar refractivity (Wildman–Crippen MR) is 74.4 cm³/mol. The maximum atomic E-state index is 11.7. The van der Waals surface area contributed by atoms with Crippen molar-refractivity contribution in [3.63, 3.8) is 0 Å². The summed E-state index contributed by atoms with van der Waals surface area (Å²) in [5.74, 6) is 1.20. The van der Waals surface area contributed by atoms with Crippen molar-refractivity contribution < 1.29 is 13.6 Å². The summed E-state index contributed by atoms with van der Waals surface area (Å²) < 4.78 is 10.5. The van der Waals surface area contributed by atoms with Crippen LogP contribution in [0.5, 0.6) is 0 Å². The lowest BCUT2D eigenvalue weighted by atomic mass is 10.3. The summed E-state index contributed by atoms with van der Waals surface area (Å²) in [6.07, 6.45) is 2.87. The van der Waals surface area contributed by atoms with E-state index < -0.39 is 0 Å². The highest BCUT2D eigenvalue weighted by molar-refractivity contribution is 7.09. The van der Waals surface area contributed by atoms with E-state index in [9.17, 15) is 4.79 Å². The van der Waals surface area contributed by atoms with Gasteiger partial charge in [0.2, 0.25) is 0 Å². The molecule has 3 heterocycles. The number of thiazole rings is 1. The smallest absolute Gasteiger partial charge is 0.254 e. The van der Waals surface area contributed by atoms with Gasteiger partial charge >= 0.3 is 0 Å². The fourth-order valence-electron chi connectivity index (χ4n) is 1.75. The molecule has 3 aromatic rings. The number of rotatable bonds is 4. The molecule has 0 fully saturated rings. The first-order valence-corrected chi connectivity index (χ1v) is 6.92. The molecule has 0 aliphatic rings. The molecule has 102 valence electrons. The van der Waals surface area contributed by atoms with Crippen molar-refractivity contribution in [3.05, 3.63) is 52.4 Å². The van der Waals surface area contributed by atoms with Crippen molar-refractivity contribution >= 4 is 17.2 Å². The number of hydrogen-bond acceptors (Lipinski definition) is 5. The normalized spacial score (nSPS) is 10.7. The van der Waals surface area contributed by atoms with Crippen LogP contribution in [-0.2, 0) is 6.54 Å². The molecular formula is C14H12N2O3S. The van der Waals surface area contributed by atoms with Gasteiger partial charge in [-0.05, 0) is 25.1 Å². The minimum atomic E-state index is -0.193. The van der Waals surface area contributed by atoms with Crippen LogP contribution in [0, 0.1) is 6.92 Å². The summed E-state index contributed by atoms with van der Waals surface area (Å²) >= 11 is 1.57. The average Bonchev–Trinajstić information content (AvgIpc) is 3.16. The number of carbonyl (C=O) groups excluding carboxylic acids is 1. The van der Waals surface area contributed by atoms with Crippen LogP contribution in [0.25, 0.3) is 11.5 Å². The number of furan rings is 2. The number of aromatic nitrogens is 1. The first kappa shape index (κ1) is 12.7. The van der Waals surface area contributed by atoms with Crippen LogP contribution in [0.3, 0.4) is 0 Å². The fourth-order valence-corrected chi connectivity index (χ4v) is 2.35. The van der Waals surface area contributed by atoms with Gasteiger partial charge in [0.1, 0.15) is 17.7 Å². The van der Waals surface area contributed by atoms with Gasteiger partial charge in [-0.25, -0.2) is 4.98 Å². The molecule has 0 aromatic carbocycles. The third kappa shape index (κ3) is 2.65. The zero-order valence-corrected chi connectivity index (χ0v) is 11.6. The van der Waals surface area contributed by atoms with E-state index in [0.29, 0.717) is 23.6 Å². The Hall–Kier alpha value is -2.34. The molecule has 5 nitrogen and oxygen atoms in total. The Bertz CT molecular complexity index is 712. The number of hydrogen-bond donors (Lipinski definition) is 1. The average molecular weight is 288 g/mol. The highest BCUT2D eigenvalue weighted by atomic mass is 32.1. The maximum Gasteiger partial charge on any atom is 0.254 e. The summed E-state index contributed by atoms with van der Waals surface area (Å²) in [6, 6.07) is 5.30. The van der Waals surface area contributed by atoms with Crippen LogP contribution < -0.4 is 5.32 Å². The predicted octanol–water partition coefficient (Wildman–Crippen LogP) is 3.23. The number of aryl methyl sites for hydroxylation is 1. The van der Waals surface area contributed by atoms with Crippen LogP contribution >= 0.6 is 11.3 Å². The summed E-state index contributed by atoms with van der Waals surface area (Å²) in [6.45, 7) is 2.27. The van der Waals surface area contributed by atoms with Gasteiger partial charge in [0.05, 0.1) is 23.4 Å². The molecule has 0 radical (unpaired) electrons. The van der Waals surface area contributed by atoms with E-state index in [0.717, 1.165) is 10.7 Å². The first-order valence-electron chi connectivity index (χ1n) is 6.04. The molecule has 3 rings (SSSR count). The third-order valence-corrected chi connectivity index (χ3v) is 3.51. The molecule has 0 saturated carbocycles. The Morgan fingerprint density at radius 3 is 3.00 bits per heavy atom. The van der Waals surface area contributed by atoms with Gasteiger partial charge in [-0.15, -0.1) is 11.3 Å². The van der Waals surface area contributed by atoms with Crippen LogP contribution in [-0.4, -0.2) is 10.9 Å². The van der Waals surface area contributed by atoms with Gasteiger partial charge < -0.3 is 14.2 Å². The lowest BCUT2D eigenvalue weighted by molar-refractivity contribution is 0.0947. The Morgan fingerprint density at radius 1 is 1.40 bits per heavy atom. The van der Waals surface area contributed by atoms with Gasteiger partial charge in [-0.2, -0.15) is 0 Å². The van der Waals surface area contributed by atoms with E-state index in [1.807, 2.05) is 24.4 Å². The zero-order chi connectivity index (χ0) is 13.9. The lowest BCUT2D eigenvalue weighted by Crippen LogP contribution is -2.21. The monoisotopic (exact) mass is 288 g/mol. The van der Waals surface area contributed by atoms with Crippen molar-refractivity contribution in [1.29, 1.82) is 0 Å². The van der Waals surface area contributed by atoms with Crippen molar-refractivity contribution in [2.24, 2.45) is 0 Å². The van der Waals surface area contributed by atoms with Crippen LogP contribution in [0.15, 0.2) is 44.9 Å². The van der Waals surface area contributed by atoms with Gasteiger partial charge in [-0.1, -0.05) is 0 Å².